The summed E-state index contributed by atoms with van der Waals surface area (Å²) in [4.78, 5) is 23.2. The number of rotatable bonds is 3. The van der Waals surface area contributed by atoms with Crippen LogP contribution >= 0.6 is 0 Å². The minimum absolute atomic E-state index is 0.244. The predicted octanol–water partition coefficient (Wildman–Crippen LogP) is 2.36. The molecule has 0 heterocycles. The number of ether oxygens (including phenoxy) is 1. The molecule has 92 valence electrons. The lowest BCUT2D eigenvalue weighted by Gasteiger charge is -2.28. The van der Waals surface area contributed by atoms with Crippen LogP contribution in [0.3, 0.4) is 0 Å². The number of aliphatic carboxylic acids is 1. The van der Waals surface area contributed by atoms with Crippen LogP contribution in [0.15, 0.2) is 0 Å². The van der Waals surface area contributed by atoms with Crippen LogP contribution in [-0.2, 0) is 14.3 Å². The summed E-state index contributed by atoms with van der Waals surface area (Å²) in [5.41, 5.74) is -1.28. The molecule has 4 heteroatoms. The first-order valence-corrected chi connectivity index (χ1v) is 6.04. The standard InChI is InChI=1S/C12H20O4/c1-2-16-11(15)12(10(13)14)8-6-4-3-5-7-9-12/h2-9H2,1H3,(H,13,14). The molecule has 1 N–H and O–H groups in total. The lowest BCUT2D eigenvalue weighted by molar-refractivity contribution is -0.170. The quantitative estimate of drug-likeness (QED) is 0.595. The maximum absolute atomic E-state index is 11.8. The minimum Gasteiger partial charge on any atom is -0.480 e. The summed E-state index contributed by atoms with van der Waals surface area (Å²) >= 11 is 0. The Morgan fingerprint density at radius 2 is 1.62 bits per heavy atom. The van der Waals surface area contributed by atoms with Crippen molar-refractivity contribution in [3.8, 4) is 0 Å². The van der Waals surface area contributed by atoms with E-state index in [2.05, 4.69) is 0 Å². The molecular weight excluding hydrogens is 208 g/mol. The van der Waals surface area contributed by atoms with Crippen LogP contribution in [0.2, 0.25) is 0 Å². The molecule has 4 nitrogen and oxygen atoms in total. The topological polar surface area (TPSA) is 63.6 Å². The fourth-order valence-electron chi connectivity index (χ4n) is 2.28. The summed E-state index contributed by atoms with van der Waals surface area (Å²) < 4.78 is 4.92. The first-order chi connectivity index (χ1) is 7.63. The van der Waals surface area contributed by atoms with Crippen molar-refractivity contribution in [2.24, 2.45) is 5.41 Å². The highest BCUT2D eigenvalue weighted by Gasteiger charge is 2.46. The number of hydrogen-bond acceptors (Lipinski definition) is 3. The SMILES string of the molecule is CCOC(=O)C1(C(=O)O)CCCCCCC1. The van der Waals surface area contributed by atoms with Gasteiger partial charge in [-0.1, -0.05) is 32.1 Å². The van der Waals surface area contributed by atoms with E-state index < -0.39 is 17.4 Å². The van der Waals surface area contributed by atoms with Gasteiger partial charge in [-0.15, -0.1) is 0 Å². The zero-order valence-corrected chi connectivity index (χ0v) is 9.83. The summed E-state index contributed by atoms with van der Waals surface area (Å²) in [6, 6.07) is 0. The average Bonchev–Trinajstić information content (AvgIpc) is 2.17. The number of carboxylic acid groups (broad SMARTS) is 1. The van der Waals surface area contributed by atoms with Gasteiger partial charge in [-0.2, -0.15) is 0 Å². The summed E-state index contributed by atoms with van der Waals surface area (Å²) in [6.07, 6.45) is 5.58. The first-order valence-electron chi connectivity index (χ1n) is 6.04. The first kappa shape index (κ1) is 13.0. The van der Waals surface area contributed by atoms with Crippen LogP contribution in [-0.4, -0.2) is 23.7 Å². The van der Waals surface area contributed by atoms with Crippen LogP contribution in [0.5, 0.6) is 0 Å². The molecule has 0 saturated heterocycles. The van der Waals surface area contributed by atoms with Gasteiger partial charge in [0.25, 0.3) is 0 Å². The fraction of sp³-hybridized carbons (Fsp3) is 0.833. The van der Waals surface area contributed by atoms with E-state index in [1.165, 1.54) is 0 Å². The molecule has 0 amide bonds. The van der Waals surface area contributed by atoms with Gasteiger partial charge >= 0.3 is 11.9 Å². The van der Waals surface area contributed by atoms with Crippen molar-refractivity contribution in [1.29, 1.82) is 0 Å². The van der Waals surface area contributed by atoms with Crippen LogP contribution in [0.25, 0.3) is 0 Å². The highest BCUT2D eigenvalue weighted by atomic mass is 16.5. The maximum Gasteiger partial charge on any atom is 0.323 e. The van der Waals surface area contributed by atoms with Gasteiger partial charge < -0.3 is 9.84 Å². The normalized spacial score (nSPS) is 20.6. The maximum atomic E-state index is 11.8. The second-order valence-electron chi connectivity index (χ2n) is 4.38. The Kier molecular flexibility index (Phi) is 4.77. The smallest absolute Gasteiger partial charge is 0.323 e. The third kappa shape index (κ3) is 2.74. The number of hydrogen-bond donors (Lipinski definition) is 1. The molecule has 0 aromatic heterocycles. The lowest BCUT2D eigenvalue weighted by atomic mass is 9.76. The Balaban J connectivity index is 2.83. The molecular formula is C12H20O4. The zero-order chi connectivity index (χ0) is 12.0. The number of carboxylic acids is 1. The van der Waals surface area contributed by atoms with Gasteiger partial charge in [0.2, 0.25) is 0 Å². The van der Waals surface area contributed by atoms with Gasteiger partial charge in [-0.25, -0.2) is 0 Å². The Hall–Kier alpha value is -1.06. The van der Waals surface area contributed by atoms with Gasteiger partial charge in [0.05, 0.1) is 6.61 Å². The molecule has 1 aliphatic rings. The Labute approximate surface area is 96.0 Å². The largest absolute Gasteiger partial charge is 0.480 e. The van der Waals surface area contributed by atoms with Crippen LogP contribution in [0, 0.1) is 5.41 Å². The summed E-state index contributed by atoms with van der Waals surface area (Å²) in [5.74, 6) is -1.57. The molecule has 1 rings (SSSR count). The van der Waals surface area contributed by atoms with E-state index >= 15 is 0 Å². The van der Waals surface area contributed by atoms with Crippen molar-refractivity contribution < 1.29 is 19.4 Å². The van der Waals surface area contributed by atoms with Crippen LogP contribution in [0.1, 0.15) is 51.9 Å². The monoisotopic (exact) mass is 228 g/mol. The molecule has 1 aliphatic carbocycles. The van der Waals surface area contributed by atoms with Crippen molar-refractivity contribution in [1.82, 2.24) is 0 Å². The predicted molar refractivity (Wildman–Crippen MR) is 59.0 cm³/mol. The molecule has 0 aliphatic heterocycles. The van der Waals surface area contributed by atoms with E-state index in [1.54, 1.807) is 6.92 Å². The van der Waals surface area contributed by atoms with E-state index in [0.717, 1.165) is 32.1 Å². The van der Waals surface area contributed by atoms with Gasteiger partial charge in [0, 0.05) is 0 Å². The van der Waals surface area contributed by atoms with Crippen molar-refractivity contribution >= 4 is 11.9 Å². The fourth-order valence-corrected chi connectivity index (χ4v) is 2.28. The van der Waals surface area contributed by atoms with Gasteiger partial charge in [0.1, 0.15) is 0 Å². The molecule has 16 heavy (non-hydrogen) atoms. The number of carbonyl (C=O) groups excluding carboxylic acids is 1. The summed E-state index contributed by atoms with van der Waals surface area (Å²) in [5, 5.41) is 9.30. The van der Waals surface area contributed by atoms with E-state index in [-0.39, 0.29) is 6.61 Å². The van der Waals surface area contributed by atoms with Gasteiger partial charge in [-0.3, -0.25) is 9.59 Å². The number of esters is 1. The van der Waals surface area contributed by atoms with Crippen molar-refractivity contribution in [2.75, 3.05) is 6.61 Å². The summed E-state index contributed by atoms with van der Waals surface area (Å²) in [7, 11) is 0. The third-order valence-corrected chi connectivity index (χ3v) is 3.28. The Morgan fingerprint density at radius 3 is 2.06 bits per heavy atom. The minimum atomic E-state index is -1.28. The summed E-state index contributed by atoms with van der Waals surface area (Å²) in [6.45, 7) is 1.95. The molecule has 0 bridgehead atoms. The van der Waals surface area contributed by atoms with E-state index in [4.69, 9.17) is 4.74 Å². The van der Waals surface area contributed by atoms with Crippen molar-refractivity contribution in [3.63, 3.8) is 0 Å². The van der Waals surface area contributed by atoms with E-state index in [1.807, 2.05) is 0 Å². The molecule has 0 aromatic rings. The van der Waals surface area contributed by atoms with E-state index in [0.29, 0.717) is 12.8 Å². The molecule has 1 saturated carbocycles. The van der Waals surface area contributed by atoms with Crippen LogP contribution < -0.4 is 0 Å². The van der Waals surface area contributed by atoms with Crippen molar-refractivity contribution in [3.05, 3.63) is 0 Å². The van der Waals surface area contributed by atoms with Gasteiger partial charge in [0.15, 0.2) is 5.41 Å². The molecule has 1 fully saturated rings. The number of carbonyl (C=O) groups is 2. The molecule has 0 unspecified atom stereocenters. The molecule has 0 atom stereocenters. The second-order valence-corrected chi connectivity index (χ2v) is 4.38. The Morgan fingerprint density at radius 1 is 1.12 bits per heavy atom. The lowest BCUT2D eigenvalue weighted by Crippen LogP contribution is -2.41. The zero-order valence-electron chi connectivity index (χ0n) is 9.83. The Bertz CT molecular complexity index is 252. The molecule has 0 radical (unpaired) electrons. The van der Waals surface area contributed by atoms with E-state index in [9.17, 15) is 14.7 Å². The average molecular weight is 228 g/mol. The second kappa shape index (κ2) is 5.87. The highest BCUT2D eigenvalue weighted by molar-refractivity contribution is 5.99. The molecule has 0 aromatic carbocycles. The molecule has 0 spiro atoms. The third-order valence-electron chi connectivity index (χ3n) is 3.28. The van der Waals surface area contributed by atoms with Crippen molar-refractivity contribution in [2.45, 2.75) is 51.9 Å². The van der Waals surface area contributed by atoms with Gasteiger partial charge in [-0.05, 0) is 19.8 Å². The van der Waals surface area contributed by atoms with Crippen LogP contribution in [0.4, 0.5) is 0 Å². The highest BCUT2D eigenvalue weighted by Crippen LogP contribution is 2.35.